The lowest BCUT2D eigenvalue weighted by molar-refractivity contribution is -0.161. The lowest BCUT2D eigenvalue weighted by atomic mass is 10.00. The van der Waals surface area contributed by atoms with Crippen LogP contribution in [-0.4, -0.2) is 31.8 Å². The molecule has 0 aromatic heterocycles. The average Bonchev–Trinajstić information content (AvgIpc) is 2.89. The van der Waals surface area contributed by atoms with E-state index >= 15 is 0 Å². The third-order valence-electron chi connectivity index (χ3n) is 6.17. The molecule has 2 rings (SSSR count). The predicted molar refractivity (Wildman–Crippen MR) is 140 cm³/mol. The van der Waals surface area contributed by atoms with Crippen LogP contribution in [0.5, 0.6) is 5.75 Å². The number of carbonyl (C=O) groups is 2. The van der Waals surface area contributed by atoms with Crippen LogP contribution < -0.4 is 4.74 Å². The topological polar surface area (TPSA) is 61.8 Å². The van der Waals surface area contributed by atoms with Crippen molar-refractivity contribution in [3.05, 3.63) is 54.1 Å². The van der Waals surface area contributed by atoms with Crippen LogP contribution in [0, 0.1) is 17.6 Å². The summed E-state index contributed by atoms with van der Waals surface area (Å²) in [6, 6.07) is 11.2. The molecule has 0 saturated heterocycles. The molecular formula is C30H40F2O5. The number of ether oxygens (including phenoxy) is 3. The molecule has 204 valence electrons. The van der Waals surface area contributed by atoms with Crippen molar-refractivity contribution in [1.82, 2.24) is 0 Å². The second-order valence-electron chi connectivity index (χ2n) is 9.00. The minimum atomic E-state index is -0.854. The molecule has 0 amide bonds. The molecule has 0 bridgehead atoms. The Morgan fingerprint density at radius 2 is 1.27 bits per heavy atom. The van der Waals surface area contributed by atoms with E-state index in [1.54, 1.807) is 44.2 Å². The molecule has 5 nitrogen and oxygen atoms in total. The molecule has 0 N–H and O–H groups in total. The summed E-state index contributed by atoms with van der Waals surface area (Å²) in [4.78, 5) is 24.0. The Bertz CT molecular complexity index is 927. The van der Waals surface area contributed by atoms with Crippen LogP contribution in [0.3, 0.4) is 0 Å². The zero-order valence-electron chi connectivity index (χ0n) is 22.1. The van der Waals surface area contributed by atoms with Crippen LogP contribution in [-0.2, 0) is 19.1 Å². The Morgan fingerprint density at radius 3 is 1.84 bits per heavy atom. The van der Waals surface area contributed by atoms with Crippen LogP contribution >= 0.6 is 0 Å². The van der Waals surface area contributed by atoms with Gasteiger partial charge in [-0.05, 0) is 50.5 Å². The van der Waals surface area contributed by atoms with Gasteiger partial charge in [-0.15, -0.1) is 0 Å². The van der Waals surface area contributed by atoms with Crippen LogP contribution in [0.25, 0.3) is 11.1 Å². The summed E-state index contributed by atoms with van der Waals surface area (Å²) in [7, 11) is 0. The summed E-state index contributed by atoms with van der Waals surface area (Å²) in [5.41, 5.74) is 0.853. The van der Waals surface area contributed by atoms with Crippen LogP contribution in [0.4, 0.5) is 8.78 Å². The average molecular weight is 519 g/mol. The zero-order chi connectivity index (χ0) is 26.9. The first kappa shape index (κ1) is 30.3. The molecule has 0 aliphatic heterocycles. The molecule has 7 heteroatoms. The summed E-state index contributed by atoms with van der Waals surface area (Å²) in [6.45, 7) is 4.60. The van der Waals surface area contributed by atoms with Gasteiger partial charge >= 0.3 is 11.9 Å². The summed E-state index contributed by atoms with van der Waals surface area (Å²) in [5.74, 6) is -2.76. The third kappa shape index (κ3) is 10.9. The molecule has 0 unspecified atom stereocenters. The van der Waals surface area contributed by atoms with Crippen molar-refractivity contribution >= 4 is 11.9 Å². The summed E-state index contributed by atoms with van der Waals surface area (Å²) in [6.07, 6.45) is 10.0. The minimum absolute atomic E-state index is 0.240. The van der Waals surface area contributed by atoms with E-state index in [1.165, 1.54) is 12.5 Å². The number of hydrogen-bond donors (Lipinski definition) is 0. The lowest BCUT2D eigenvalue weighted by Crippen LogP contribution is -2.28. The fraction of sp³-hybridized carbons (Fsp3) is 0.533. The third-order valence-corrected chi connectivity index (χ3v) is 6.17. The number of unbranched alkanes of at least 4 members (excludes halogenated alkanes) is 8. The highest BCUT2D eigenvalue weighted by molar-refractivity contribution is 5.94. The van der Waals surface area contributed by atoms with E-state index in [0.717, 1.165) is 57.4 Å². The van der Waals surface area contributed by atoms with Crippen molar-refractivity contribution in [2.75, 3.05) is 19.8 Å². The first-order chi connectivity index (χ1) is 18.0. The number of esters is 2. The molecule has 0 spiro atoms. The van der Waals surface area contributed by atoms with Crippen molar-refractivity contribution in [3.63, 3.8) is 0 Å². The quantitative estimate of drug-likeness (QED) is 0.115. The molecule has 0 heterocycles. The Morgan fingerprint density at radius 1 is 0.730 bits per heavy atom. The molecular weight excluding hydrogens is 478 g/mol. The van der Waals surface area contributed by atoms with Gasteiger partial charge in [0.1, 0.15) is 5.75 Å². The highest BCUT2D eigenvalue weighted by Gasteiger charge is 2.28. The highest BCUT2D eigenvalue weighted by Crippen LogP contribution is 2.26. The summed E-state index contributed by atoms with van der Waals surface area (Å²) >= 11 is 0. The number of halogens is 2. The molecule has 0 atom stereocenters. The maximum Gasteiger partial charge on any atom is 0.320 e. The van der Waals surface area contributed by atoms with Crippen molar-refractivity contribution < 1.29 is 32.6 Å². The SMILES string of the molecule is CCOC(=O)C(CCCCCCCCCCCOc1ccc(-c2cccc(F)c2F)cc1)C(=O)OCC. The Balaban J connectivity index is 1.51. The number of hydrogen-bond acceptors (Lipinski definition) is 5. The predicted octanol–water partition coefficient (Wildman–Crippen LogP) is 7.65. The summed E-state index contributed by atoms with van der Waals surface area (Å²) in [5, 5.41) is 0. The monoisotopic (exact) mass is 518 g/mol. The van der Waals surface area contributed by atoms with Gasteiger partial charge in [0.25, 0.3) is 0 Å². The Kier molecular flexibility index (Phi) is 14.3. The van der Waals surface area contributed by atoms with E-state index in [2.05, 4.69) is 0 Å². The molecule has 0 aliphatic carbocycles. The van der Waals surface area contributed by atoms with Gasteiger partial charge in [0.2, 0.25) is 0 Å². The van der Waals surface area contributed by atoms with E-state index < -0.39 is 29.5 Å². The van der Waals surface area contributed by atoms with Gasteiger partial charge < -0.3 is 14.2 Å². The molecule has 0 radical (unpaired) electrons. The van der Waals surface area contributed by atoms with E-state index in [0.29, 0.717) is 24.3 Å². The molecule has 0 fully saturated rings. The van der Waals surface area contributed by atoms with Crippen molar-refractivity contribution in [1.29, 1.82) is 0 Å². The second-order valence-corrected chi connectivity index (χ2v) is 9.00. The van der Waals surface area contributed by atoms with Gasteiger partial charge in [-0.25, -0.2) is 8.78 Å². The van der Waals surface area contributed by atoms with Gasteiger partial charge in [0, 0.05) is 5.56 Å². The van der Waals surface area contributed by atoms with E-state index in [9.17, 15) is 18.4 Å². The maximum absolute atomic E-state index is 13.9. The lowest BCUT2D eigenvalue weighted by Gasteiger charge is -2.14. The number of rotatable bonds is 18. The van der Waals surface area contributed by atoms with Gasteiger partial charge in [-0.1, -0.05) is 75.6 Å². The van der Waals surface area contributed by atoms with Crippen LogP contribution in [0.15, 0.2) is 42.5 Å². The highest BCUT2D eigenvalue weighted by atomic mass is 19.2. The minimum Gasteiger partial charge on any atom is -0.494 e. The molecule has 37 heavy (non-hydrogen) atoms. The van der Waals surface area contributed by atoms with Gasteiger partial charge in [-0.2, -0.15) is 0 Å². The van der Waals surface area contributed by atoms with Crippen molar-refractivity contribution in [3.8, 4) is 16.9 Å². The molecule has 0 aliphatic rings. The largest absolute Gasteiger partial charge is 0.494 e. The second kappa shape index (κ2) is 17.5. The van der Waals surface area contributed by atoms with Gasteiger partial charge in [0.05, 0.1) is 19.8 Å². The number of carbonyl (C=O) groups excluding carboxylic acids is 2. The zero-order valence-corrected chi connectivity index (χ0v) is 22.1. The Labute approximate surface area is 219 Å². The number of benzene rings is 2. The molecule has 0 saturated carbocycles. The smallest absolute Gasteiger partial charge is 0.320 e. The normalized spacial score (nSPS) is 10.9. The van der Waals surface area contributed by atoms with E-state index in [4.69, 9.17) is 14.2 Å². The fourth-order valence-electron chi connectivity index (χ4n) is 4.15. The van der Waals surface area contributed by atoms with E-state index in [1.807, 2.05) is 0 Å². The first-order valence-electron chi connectivity index (χ1n) is 13.5. The van der Waals surface area contributed by atoms with Crippen LogP contribution in [0.1, 0.15) is 78.1 Å². The van der Waals surface area contributed by atoms with Crippen LogP contribution in [0.2, 0.25) is 0 Å². The molecule has 2 aromatic carbocycles. The maximum atomic E-state index is 13.9. The van der Waals surface area contributed by atoms with Crippen molar-refractivity contribution in [2.24, 2.45) is 5.92 Å². The molecule has 2 aromatic rings. The fourth-order valence-corrected chi connectivity index (χ4v) is 4.15. The van der Waals surface area contributed by atoms with Crippen molar-refractivity contribution in [2.45, 2.75) is 78.1 Å². The first-order valence-corrected chi connectivity index (χ1v) is 13.5. The standard InChI is InChI=1S/C30H40F2O5/c1-3-35-29(33)26(30(34)36-4-2)15-12-10-8-6-5-7-9-11-13-22-37-24-20-18-23(19-21-24)25-16-14-17-27(31)28(25)32/h14,16-21,26H,3-13,15,22H2,1-2H3. The Hall–Kier alpha value is -2.96. The summed E-state index contributed by atoms with van der Waals surface area (Å²) < 4.78 is 43.1. The van der Waals surface area contributed by atoms with Gasteiger partial charge in [0.15, 0.2) is 17.6 Å². The van der Waals surface area contributed by atoms with E-state index in [-0.39, 0.29) is 18.8 Å². The van der Waals surface area contributed by atoms with Gasteiger partial charge in [-0.3, -0.25) is 9.59 Å².